The quantitative estimate of drug-likeness (QED) is 0.429. The zero-order valence-electron chi connectivity index (χ0n) is 18.2. The molecular formula is C25H42O. The Balaban J connectivity index is 0.000000522. The summed E-state index contributed by atoms with van der Waals surface area (Å²) in [6, 6.07) is 12.6. The fourth-order valence-electron chi connectivity index (χ4n) is 2.37. The SMILES string of the molecule is CCCC.CCCCCC.CCCCOc1ccc(C)c2ccccc12. The number of fused-ring (bicyclic) bond motifs is 1. The first-order valence-electron chi connectivity index (χ1n) is 10.8. The number of ether oxygens (including phenoxy) is 1. The average Bonchev–Trinajstić information content (AvgIpc) is 2.69. The maximum atomic E-state index is 5.81. The van der Waals surface area contributed by atoms with Crippen LogP contribution in [0.4, 0.5) is 0 Å². The lowest BCUT2D eigenvalue weighted by Gasteiger charge is -2.10. The van der Waals surface area contributed by atoms with Crippen molar-refractivity contribution in [3.05, 3.63) is 42.0 Å². The van der Waals surface area contributed by atoms with Crippen LogP contribution < -0.4 is 4.74 Å². The Morgan fingerprint density at radius 1 is 0.615 bits per heavy atom. The van der Waals surface area contributed by atoms with Crippen molar-refractivity contribution in [2.75, 3.05) is 6.61 Å². The second-order valence-corrected chi connectivity index (χ2v) is 6.84. The Kier molecular flexibility index (Phi) is 16.0. The van der Waals surface area contributed by atoms with Crippen LogP contribution in [-0.2, 0) is 0 Å². The van der Waals surface area contributed by atoms with Crippen molar-refractivity contribution < 1.29 is 4.74 Å². The molecule has 2 aromatic carbocycles. The number of aryl methyl sites for hydroxylation is 1. The van der Waals surface area contributed by atoms with Gasteiger partial charge >= 0.3 is 0 Å². The van der Waals surface area contributed by atoms with Gasteiger partial charge in [0.05, 0.1) is 6.61 Å². The normalized spacial score (nSPS) is 9.77. The van der Waals surface area contributed by atoms with E-state index >= 15 is 0 Å². The Labute approximate surface area is 163 Å². The van der Waals surface area contributed by atoms with Crippen LogP contribution in [0.5, 0.6) is 5.75 Å². The number of benzene rings is 2. The van der Waals surface area contributed by atoms with E-state index < -0.39 is 0 Å². The molecule has 0 bridgehead atoms. The first-order valence-corrected chi connectivity index (χ1v) is 10.8. The molecule has 0 fully saturated rings. The van der Waals surface area contributed by atoms with Gasteiger partial charge in [0.1, 0.15) is 5.75 Å². The van der Waals surface area contributed by atoms with Crippen LogP contribution >= 0.6 is 0 Å². The van der Waals surface area contributed by atoms with Crippen LogP contribution in [0, 0.1) is 6.92 Å². The molecule has 0 amide bonds. The maximum absolute atomic E-state index is 5.81. The number of rotatable bonds is 8. The minimum atomic E-state index is 0.809. The van der Waals surface area contributed by atoms with Crippen LogP contribution in [0.1, 0.15) is 91.5 Å². The van der Waals surface area contributed by atoms with Crippen molar-refractivity contribution >= 4 is 10.8 Å². The fraction of sp³-hybridized carbons (Fsp3) is 0.600. The van der Waals surface area contributed by atoms with Gasteiger partial charge in [-0.15, -0.1) is 0 Å². The van der Waals surface area contributed by atoms with E-state index in [1.165, 1.54) is 61.3 Å². The molecule has 0 aliphatic rings. The molecule has 0 atom stereocenters. The van der Waals surface area contributed by atoms with E-state index in [1.54, 1.807) is 0 Å². The van der Waals surface area contributed by atoms with Gasteiger partial charge in [-0.2, -0.15) is 0 Å². The smallest absolute Gasteiger partial charge is 0.127 e. The molecular weight excluding hydrogens is 316 g/mol. The highest BCUT2D eigenvalue weighted by atomic mass is 16.5. The minimum absolute atomic E-state index is 0.809. The predicted molar refractivity (Wildman–Crippen MR) is 119 cm³/mol. The first kappa shape index (κ1) is 24.5. The van der Waals surface area contributed by atoms with E-state index in [9.17, 15) is 0 Å². The highest BCUT2D eigenvalue weighted by Gasteiger charge is 2.03. The van der Waals surface area contributed by atoms with E-state index in [2.05, 4.69) is 77.9 Å². The summed E-state index contributed by atoms with van der Waals surface area (Å²) in [5.74, 6) is 1.01. The molecule has 0 N–H and O–H groups in total. The van der Waals surface area contributed by atoms with Crippen LogP contribution in [-0.4, -0.2) is 6.61 Å². The summed E-state index contributed by atoms with van der Waals surface area (Å²) in [4.78, 5) is 0. The number of hydrogen-bond acceptors (Lipinski definition) is 1. The summed E-state index contributed by atoms with van der Waals surface area (Å²) < 4.78 is 5.81. The van der Waals surface area contributed by atoms with Crippen molar-refractivity contribution in [1.82, 2.24) is 0 Å². The summed E-state index contributed by atoms with van der Waals surface area (Å²) in [6.45, 7) is 13.9. The van der Waals surface area contributed by atoms with Crippen LogP contribution in [0.3, 0.4) is 0 Å². The third-order valence-corrected chi connectivity index (χ3v) is 4.31. The molecule has 1 heteroatoms. The van der Waals surface area contributed by atoms with Gasteiger partial charge in [-0.05, 0) is 30.4 Å². The van der Waals surface area contributed by atoms with Crippen molar-refractivity contribution in [3.8, 4) is 5.75 Å². The van der Waals surface area contributed by atoms with Crippen LogP contribution in [0.15, 0.2) is 36.4 Å². The second kappa shape index (κ2) is 16.9. The monoisotopic (exact) mass is 358 g/mol. The zero-order chi connectivity index (χ0) is 19.6. The highest BCUT2D eigenvalue weighted by Crippen LogP contribution is 2.28. The topological polar surface area (TPSA) is 9.23 Å². The molecule has 1 nitrogen and oxygen atoms in total. The summed E-state index contributed by atoms with van der Waals surface area (Å²) in [5, 5.41) is 2.51. The predicted octanol–water partition coefficient (Wildman–Crippen LogP) is 8.72. The number of hydrogen-bond donors (Lipinski definition) is 0. The van der Waals surface area contributed by atoms with Gasteiger partial charge in [-0.3, -0.25) is 0 Å². The minimum Gasteiger partial charge on any atom is -0.493 e. The Morgan fingerprint density at radius 2 is 1.15 bits per heavy atom. The molecule has 0 unspecified atom stereocenters. The van der Waals surface area contributed by atoms with E-state index in [1.807, 2.05) is 0 Å². The van der Waals surface area contributed by atoms with Gasteiger partial charge in [-0.25, -0.2) is 0 Å². The Hall–Kier alpha value is -1.50. The molecule has 26 heavy (non-hydrogen) atoms. The van der Waals surface area contributed by atoms with Crippen molar-refractivity contribution in [1.29, 1.82) is 0 Å². The van der Waals surface area contributed by atoms with Gasteiger partial charge in [0.15, 0.2) is 0 Å². The number of unbranched alkanes of at least 4 members (excludes halogenated alkanes) is 5. The van der Waals surface area contributed by atoms with E-state index in [0.717, 1.165) is 18.8 Å². The molecule has 0 aliphatic heterocycles. The fourth-order valence-corrected chi connectivity index (χ4v) is 2.37. The van der Waals surface area contributed by atoms with Gasteiger partial charge in [0.2, 0.25) is 0 Å². The summed E-state index contributed by atoms with van der Waals surface area (Å²) >= 11 is 0. The third kappa shape index (κ3) is 10.5. The highest BCUT2D eigenvalue weighted by molar-refractivity contribution is 5.90. The lowest BCUT2D eigenvalue weighted by Crippen LogP contribution is -1.97. The van der Waals surface area contributed by atoms with Crippen molar-refractivity contribution in [2.24, 2.45) is 0 Å². The maximum Gasteiger partial charge on any atom is 0.127 e. The van der Waals surface area contributed by atoms with Crippen molar-refractivity contribution in [3.63, 3.8) is 0 Å². The lowest BCUT2D eigenvalue weighted by molar-refractivity contribution is 0.313. The summed E-state index contributed by atoms with van der Waals surface area (Å²) in [6.07, 6.45) is 10.5. The molecule has 0 saturated heterocycles. The van der Waals surface area contributed by atoms with Crippen molar-refractivity contribution in [2.45, 2.75) is 92.9 Å². The average molecular weight is 359 g/mol. The van der Waals surface area contributed by atoms with Gasteiger partial charge in [-0.1, -0.05) is 110 Å². The molecule has 0 radical (unpaired) electrons. The van der Waals surface area contributed by atoms with Crippen LogP contribution in [0.2, 0.25) is 0 Å². The van der Waals surface area contributed by atoms with Gasteiger partial charge in [0, 0.05) is 5.39 Å². The van der Waals surface area contributed by atoms with Gasteiger partial charge in [0.25, 0.3) is 0 Å². The van der Waals surface area contributed by atoms with Crippen LogP contribution in [0.25, 0.3) is 10.8 Å². The summed E-state index contributed by atoms with van der Waals surface area (Å²) in [5.41, 5.74) is 1.30. The standard InChI is InChI=1S/C15H18O.C6H14.C4H10/c1-3-4-11-16-15-10-9-12(2)13-7-5-6-8-14(13)15;1-3-5-6-4-2;1-3-4-2/h5-10H,3-4,11H2,1-2H3;3-6H2,1-2H3;3-4H2,1-2H3. The molecule has 2 aromatic rings. The molecule has 148 valence electrons. The third-order valence-electron chi connectivity index (χ3n) is 4.31. The Bertz CT molecular complexity index is 553. The molecule has 0 spiro atoms. The zero-order valence-corrected chi connectivity index (χ0v) is 18.2. The van der Waals surface area contributed by atoms with E-state index in [0.29, 0.717) is 0 Å². The molecule has 0 aliphatic carbocycles. The molecule has 2 rings (SSSR count). The van der Waals surface area contributed by atoms with E-state index in [-0.39, 0.29) is 0 Å². The largest absolute Gasteiger partial charge is 0.493 e. The second-order valence-electron chi connectivity index (χ2n) is 6.84. The molecule has 0 aromatic heterocycles. The first-order chi connectivity index (χ1) is 12.7. The van der Waals surface area contributed by atoms with Gasteiger partial charge < -0.3 is 4.74 Å². The van der Waals surface area contributed by atoms with E-state index in [4.69, 9.17) is 4.74 Å². The molecule has 0 heterocycles. The lowest BCUT2D eigenvalue weighted by atomic mass is 10.0. The summed E-state index contributed by atoms with van der Waals surface area (Å²) in [7, 11) is 0. The Morgan fingerprint density at radius 3 is 1.65 bits per heavy atom. The molecule has 0 saturated carbocycles.